The molecule has 3 aliphatic rings. The number of hydrogen-bond acceptors (Lipinski definition) is 5. The molecule has 0 aliphatic carbocycles. The number of carbonyl (C=O) groups excluding carboxylic acids is 1. The molecule has 7 heteroatoms. The van der Waals surface area contributed by atoms with Crippen LogP contribution in [0.4, 0.5) is 9.18 Å². The highest BCUT2D eigenvalue weighted by Gasteiger charge is 2.57. The van der Waals surface area contributed by atoms with Crippen LogP contribution in [0.3, 0.4) is 0 Å². The maximum absolute atomic E-state index is 13.4. The molecule has 0 bridgehead atoms. The Hall–Kier alpha value is -2.12. The second kappa shape index (κ2) is 6.49. The first-order valence-corrected chi connectivity index (χ1v) is 9.50. The molecule has 146 valence electrons. The fraction of sp³-hybridized carbons (Fsp3) is 0.550. The standard InChI is InChI=1S/C20H26FN3O3/c1-19(2,3)26-18(25)24-13-10-20(23-11-4-5-12-23)17(24)16(22-27-20)14-6-8-15(21)9-7-14/h6-9,22H,4-5,10-13H2,1-3H3/t20-/m0/s1. The molecular weight excluding hydrogens is 349 g/mol. The lowest BCUT2D eigenvalue weighted by atomic mass is 10.0. The number of benzene rings is 1. The number of nitrogens with zero attached hydrogens (tertiary/aromatic N) is 2. The smallest absolute Gasteiger partial charge is 0.414 e. The Labute approximate surface area is 158 Å². The molecule has 2 saturated heterocycles. The average molecular weight is 375 g/mol. The van der Waals surface area contributed by atoms with Gasteiger partial charge in [0.1, 0.15) is 11.4 Å². The van der Waals surface area contributed by atoms with Crippen molar-refractivity contribution in [1.29, 1.82) is 0 Å². The van der Waals surface area contributed by atoms with E-state index in [0.717, 1.165) is 37.2 Å². The molecule has 3 heterocycles. The van der Waals surface area contributed by atoms with E-state index >= 15 is 0 Å². The summed E-state index contributed by atoms with van der Waals surface area (Å²) in [5.41, 5.74) is 4.01. The molecule has 1 atom stereocenters. The molecule has 0 radical (unpaired) electrons. The molecule has 1 amide bonds. The van der Waals surface area contributed by atoms with E-state index in [1.807, 2.05) is 20.8 Å². The van der Waals surface area contributed by atoms with E-state index in [-0.39, 0.29) is 11.9 Å². The highest BCUT2D eigenvalue weighted by Crippen LogP contribution is 2.47. The first-order valence-electron chi connectivity index (χ1n) is 9.50. The van der Waals surface area contributed by atoms with E-state index < -0.39 is 11.3 Å². The topological polar surface area (TPSA) is 54.0 Å². The molecular formula is C20H26FN3O3. The molecule has 0 aromatic heterocycles. The minimum Gasteiger partial charge on any atom is -0.443 e. The summed E-state index contributed by atoms with van der Waals surface area (Å²) >= 11 is 0. The number of halogens is 1. The van der Waals surface area contributed by atoms with Gasteiger partial charge in [-0.3, -0.25) is 15.3 Å². The Bertz CT molecular complexity index is 766. The van der Waals surface area contributed by atoms with Crippen molar-refractivity contribution in [3.05, 3.63) is 41.3 Å². The van der Waals surface area contributed by atoms with Crippen molar-refractivity contribution >= 4 is 11.8 Å². The number of amides is 1. The van der Waals surface area contributed by atoms with Crippen LogP contribution in [0.1, 0.15) is 45.6 Å². The lowest BCUT2D eigenvalue weighted by Gasteiger charge is -2.34. The largest absolute Gasteiger partial charge is 0.443 e. The predicted octanol–water partition coefficient (Wildman–Crippen LogP) is 3.46. The molecule has 4 rings (SSSR count). The van der Waals surface area contributed by atoms with Crippen molar-refractivity contribution in [2.45, 2.75) is 51.4 Å². The van der Waals surface area contributed by atoms with Crippen LogP contribution in [0.2, 0.25) is 0 Å². The number of hydrogen-bond donors (Lipinski definition) is 1. The first kappa shape index (κ1) is 18.3. The fourth-order valence-electron chi connectivity index (χ4n) is 4.08. The van der Waals surface area contributed by atoms with E-state index in [0.29, 0.717) is 18.7 Å². The summed E-state index contributed by atoms with van der Waals surface area (Å²) in [7, 11) is 0. The molecule has 1 N–H and O–H groups in total. The van der Waals surface area contributed by atoms with Gasteiger partial charge in [0.05, 0.1) is 11.4 Å². The Morgan fingerprint density at radius 2 is 1.85 bits per heavy atom. The predicted molar refractivity (Wildman–Crippen MR) is 98.6 cm³/mol. The normalized spacial score (nSPS) is 25.7. The SMILES string of the molecule is CC(C)(C)OC(=O)N1CC[C@]2(N3CCCC3)ONC(c3ccc(F)cc3)=C12. The van der Waals surface area contributed by atoms with Crippen LogP contribution in [0, 0.1) is 5.82 Å². The molecule has 0 spiro atoms. The van der Waals surface area contributed by atoms with Crippen LogP contribution in [0.15, 0.2) is 30.0 Å². The van der Waals surface area contributed by atoms with Gasteiger partial charge in [0, 0.05) is 31.6 Å². The van der Waals surface area contributed by atoms with Gasteiger partial charge < -0.3 is 4.74 Å². The van der Waals surface area contributed by atoms with Crippen molar-refractivity contribution in [2.75, 3.05) is 19.6 Å². The van der Waals surface area contributed by atoms with Gasteiger partial charge in [0.25, 0.3) is 0 Å². The van der Waals surface area contributed by atoms with Crippen molar-refractivity contribution in [3.8, 4) is 0 Å². The van der Waals surface area contributed by atoms with E-state index in [2.05, 4.69) is 10.4 Å². The third kappa shape index (κ3) is 3.19. The quantitative estimate of drug-likeness (QED) is 0.858. The van der Waals surface area contributed by atoms with E-state index in [1.54, 1.807) is 17.0 Å². The molecule has 0 saturated carbocycles. The van der Waals surface area contributed by atoms with Gasteiger partial charge in [0.2, 0.25) is 0 Å². The maximum Gasteiger partial charge on any atom is 0.414 e. The van der Waals surface area contributed by atoms with Crippen LogP contribution in [0.5, 0.6) is 0 Å². The van der Waals surface area contributed by atoms with Gasteiger partial charge in [-0.25, -0.2) is 14.0 Å². The van der Waals surface area contributed by atoms with Crippen LogP contribution in [-0.2, 0) is 9.57 Å². The molecule has 27 heavy (non-hydrogen) atoms. The van der Waals surface area contributed by atoms with E-state index in [4.69, 9.17) is 9.57 Å². The minimum absolute atomic E-state index is 0.301. The summed E-state index contributed by atoms with van der Waals surface area (Å²) in [6.07, 6.45) is 2.50. The summed E-state index contributed by atoms with van der Waals surface area (Å²) in [6, 6.07) is 6.21. The zero-order chi connectivity index (χ0) is 19.2. The van der Waals surface area contributed by atoms with Crippen molar-refractivity contribution in [1.82, 2.24) is 15.3 Å². The second-order valence-corrected chi connectivity index (χ2v) is 8.30. The van der Waals surface area contributed by atoms with Gasteiger partial charge in [-0.15, -0.1) is 0 Å². The lowest BCUT2D eigenvalue weighted by molar-refractivity contribution is -0.132. The Balaban J connectivity index is 1.77. The summed E-state index contributed by atoms with van der Waals surface area (Å²) < 4.78 is 19.0. The number of fused-ring (bicyclic) bond motifs is 1. The Morgan fingerprint density at radius 1 is 1.19 bits per heavy atom. The average Bonchev–Trinajstić information content (AvgIpc) is 3.29. The van der Waals surface area contributed by atoms with E-state index in [1.165, 1.54) is 12.1 Å². The number of hydroxylamine groups is 1. The first-order chi connectivity index (χ1) is 12.8. The van der Waals surface area contributed by atoms with Crippen molar-refractivity contribution in [3.63, 3.8) is 0 Å². The van der Waals surface area contributed by atoms with Crippen molar-refractivity contribution in [2.24, 2.45) is 0 Å². The van der Waals surface area contributed by atoms with Crippen LogP contribution >= 0.6 is 0 Å². The van der Waals surface area contributed by atoms with Crippen molar-refractivity contribution < 1.29 is 18.8 Å². The molecule has 0 unspecified atom stereocenters. The van der Waals surface area contributed by atoms with E-state index in [9.17, 15) is 9.18 Å². The van der Waals surface area contributed by atoms with Crippen LogP contribution in [-0.4, -0.2) is 46.9 Å². The minimum atomic E-state index is -0.683. The second-order valence-electron chi connectivity index (χ2n) is 8.30. The summed E-state index contributed by atoms with van der Waals surface area (Å²) in [6.45, 7) is 7.93. The van der Waals surface area contributed by atoms with Crippen LogP contribution < -0.4 is 5.48 Å². The van der Waals surface area contributed by atoms with Gasteiger partial charge in [-0.05, 0) is 57.9 Å². The van der Waals surface area contributed by atoms with Gasteiger partial charge in [-0.1, -0.05) is 0 Å². The Morgan fingerprint density at radius 3 is 2.48 bits per heavy atom. The van der Waals surface area contributed by atoms with Gasteiger partial charge >= 0.3 is 6.09 Å². The molecule has 1 aromatic rings. The molecule has 2 fully saturated rings. The number of rotatable bonds is 2. The van der Waals surface area contributed by atoms with Gasteiger partial charge in [-0.2, -0.15) is 0 Å². The monoisotopic (exact) mass is 375 g/mol. The fourth-order valence-corrected chi connectivity index (χ4v) is 4.08. The third-order valence-corrected chi connectivity index (χ3v) is 5.24. The number of likely N-dealkylation sites (tertiary alicyclic amines) is 2. The highest BCUT2D eigenvalue weighted by atomic mass is 19.1. The van der Waals surface area contributed by atoms with Crippen LogP contribution in [0.25, 0.3) is 5.70 Å². The van der Waals surface area contributed by atoms with Gasteiger partial charge in [0.15, 0.2) is 5.72 Å². The summed E-state index contributed by atoms with van der Waals surface area (Å²) in [5, 5.41) is 0. The third-order valence-electron chi connectivity index (χ3n) is 5.24. The Kier molecular flexibility index (Phi) is 4.39. The molecule has 6 nitrogen and oxygen atoms in total. The zero-order valence-electron chi connectivity index (χ0n) is 16.0. The maximum atomic E-state index is 13.4. The lowest BCUT2D eigenvalue weighted by Crippen LogP contribution is -2.49. The molecule has 3 aliphatic heterocycles. The summed E-state index contributed by atoms with van der Waals surface area (Å²) in [5.74, 6) is -0.301. The molecule has 1 aromatic carbocycles. The summed E-state index contributed by atoms with van der Waals surface area (Å²) in [4.78, 5) is 23.0. The number of ether oxygens (including phenoxy) is 1. The number of nitrogens with one attached hydrogen (secondary N) is 1. The highest BCUT2D eigenvalue weighted by molar-refractivity contribution is 5.79. The number of carbonyl (C=O) groups is 1. The zero-order valence-corrected chi connectivity index (χ0v) is 16.0.